The van der Waals surface area contributed by atoms with Crippen LogP contribution in [-0.4, -0.2) is 23.1 Å². The van der Waals surface area contributed by atoms with Crippen LogP contribution in [0.1, 0.15) is 56.3 Å². The molecule has 0 radical (unpaired) electrons. The van der Waals surface area contributed by atoms with Crippen LogP contribution in [0.15, 0.2) is 0 Å². The minimum absolute atomic E-state index is 0.549. The predicted octanol–water partition coefficient (Wildman–Crippen LogP) is 2.57. The summed E-state index contributed by atoms with van der Waals surface area (Å²) in [5.74, 6) is 9.82. The lowest BCUT2D eigenvalue weighted by atomic mass is 9.95. The summed E-state index contributed by atoms with van der Waals surface area (Å²) < 4.78 is 0. The Morgan fingerprint density at radius 1 is 1.30 bits per heavy atom. The van der Waals surface area contributed by atoms with Crippen LogP contribution in [0.2, 0.25) is 0 Å². The van der Waals surface area contributed by atoms with E-state index in [-0.39, 0.29) is 0 Å². The number of nitrogens with zero attached hydrogens (tertiary/aromatic N) is 3. The molecule has 2 fully saturated rings. The summed E-state index contributed by atoms with van der Waals surface area (Å²) in [6.45, 7) is 6.56. The van der Waals surface area contributed by atoms with Gasteiger partial charge < -0.3 is 10.3 Å². The van der Waals surface area contributed by atoms with Crippen molar-refractivity contribution >= 4 is 11.6 Å². The van der Waals surface area contributed by atoms with E-state index in [2.05, 4.69) is 29.2 Å². The van der Waals surface area contributed by atoms with Crippen molar-refractivity contribution in [2.45, 2.75) is 51.9 Å². The van der Waals surface area contributed by atoms with Gasteiger partial charge in [-0.1, -0.05) is 13.3 Å². The maximum Gasteiger partial charge on any atom is 0.148 e. The Balaban J connectivity index is 1.92. The Morgan fingerprint density at radius 2 is 2.10 bits per heavy atom. The van der Waals surface area contributed by atoms with Gasteiger partial charge >= 0.3 is 0 Å². The van der Waals surface area contributed by atoms with E-state index in [4.69, 9.17) is 10.8 Å². The molecule has 2 aliphatic rings. The van der Waals surface area contributed by atoms with Gasteiger partial charge in [0.05, 0.1) is 0 Å². The number of hydrogen-bond donors (Lipinski definition) is 2. The van der Waals surface area contributed by atoms with Gasteiger partial charge in [-0.05, 0) is 38.5 Å². The maximum absolute atomic E-state index is 5.63. The second kappa shape index (κ2) is 5.56. The largest absolute Gasteiger partial charge is 0.356 e. The van der Waals surface area contributed by atoms with E-state index in [9.17, 15) is 0 Å². The first kappa shape index (κ1) is 13.6. The fourth-order valence-corrected chi connectivity index (χ4v) is 3.08. The van der Waals surface area contributed by atoms with Crippen LogP contribution >= 0.6 is 0 Å². The summed E-state index contributed by atoms with van der Waals surface area (Å²) in [4.78, 5) is 11.9. The average molecular weight is 275 g/mol. The third-order valence-corrected chi connectivity index (χ3v) is 4.61. The summed E-state index contributed by atoms with van der Waals surface area (Å²) in [6, 6.07) is 0. The smallest absolute Gasteiger partial charge is 0.148 e. The van der Waals surface area contributed by atoms with Crippen LogP contribution in [0.5, 0.6) is 0 Å². The van der Waals surface area contributed by atoms with Gasteiger partial charge in [-0.3, -0.25) is 0 Å². The molecular weight excluding hydrogens is 250 g/mol. The van der Waals surface area contributed by atoms with Gasteiger partial charge in [-0.2, -0.15) is 0 Å². The number of piperidine rings is 1. The first-order valence-electron chi connectivity index (χ1n) is 7.83. The molecule has 1 aliphatic heterocycles. The highest BCUT2D eigenvalue weighted by molar-refractivity contribution is 5.58. The number of nitrogen functional groups attached to an aromatic ring is 1. The van der Waals surface area contributed by atoms with E-state index in [1.54, 1.807) is 0 Å². The molecule has 0 amide bonds. The number of anilines is 2. The number of rotatable bonds is 4. The van der Waals surface area contributed by atoms with Crippen molar-refractivity contribution in [3.63, 3.8) is 0 Å². The standard InChI is InChI=1S/C15H25N5/c1-3-11-5-4-8-20(9-11)15-10(2)13(19-16)17-14(18-15)12-6-7-12/h11-12H,3-9,16H2,1-2H3,(H,17,18,19). The van der Waals surface area contributed by atoms with E-state index in [0.29, 0.717) is 5.92 Å². The molecule has 3 N–H and O–H groups in total. The fourth-order valence-electron chi connectivity index (χ4n) is 3.08. The molecule has 0 bridgehead atoms. The third kappa shape index (κ3) is 2.59. The van der Waals surface area contributed by atoms with Gasteiger partial charge in [0.2, 0.25) is 0 Å². The summed E-state index contributed by atoms with van der Waals surface area (Å²) in [6.07, 6.45) is 6.27. The number of nitrogens with two attached hydrogens (primary N) is 1. The van der Waals surface area contributed by atoms with Crippen LogP contribution in [0.4, 0.5) is 11.6 Å². The SMILES string of the molecule is CCC1CCCN(c2nc(C3CC3)nc(NN)c2C)C1. The summed E-state index contributed by atoms with van der Waals surface area (Å²) in [7, 11) is 0. The van der Waals surface area contributed by atoms with E-state index in [1.807, 2.05) is 0 Å². The molecule has 110 valence electrons. The number of nitrogens with one attached hydrogen (secondary N) is 1. The minimum atomic E-state index is 0.549. The van der Waals surface area contributed by atoms with Crippen LogP contribution in [-0.2, 0) is 0 Å². The van der Waals surface area contributed by atoms with Crippen LogP contribution in [0, 0.1) is 12.8 Å². The zero-order valence-corrected chi connectivity index (χ0v) is 12.5. The molecule has 1 aromatic rings. The Kier molecular flexibility index (Phi) is 3.78. The summed E-state index contributed by atoms with van der Waals surface area (Å²) in [5, 5.41) is 0. The molecule has 2 heterocycles. The van der Waals surface area contributed by atoms with E-state index in [0.717, 1.165) is 42.0 Å². The van der Waals surface area contributed by atoms with Crippen LogP contribution in [0.3, 0.4) is 0 Å². The summed E-state index contributed by atoms with van der Waals surface area (Å²) >= 11 is 0. The minimum Gasteiger partial charge on any atom is -0.356 e. The van der Waals surface area contributed by atoms with Crippen molar-refractivity contribution in [3.05, 3.63) is 11.4 Å². The first-order valence-corrected chi connectivity index (χ1v) is 7.83. The number of hydrazine groups is 1. The second-order valence-corrected chi connectivity index (χ2v) is 6.16. The van der Waals surface area contributed by atoms with Crippen molar-refractivity contribution in [3.8, 4) is 0 Å². The van der Waals surface area contributed by atoms with Gasteiger partial charge in [0.1, 0.15) is 17.5 Å². The molecule has 0 aromatic carbocycles. The quantitative estimate of drug-likeness (QED) is 0.653. The lowest BCUT2D eigenvalue weighted by Crippen LogP contribution is -2.36. The topological polar surface area (TPSA) is 67.1 Å². The third-order valence-electron chi connectivity index (χ3n) is 4.61. The molecule has 1 aliphatic carbocycles. The Bertz CT molecular complexity index is 483. The molecule has 1 aromatic heterocycles. The molecule has 5 nitrogen and oxygen atoms in total. The zero-order chi connectivity index (χ0) is 14.1. The van der Waals surface area contributed by atoms with E-state index >= 15 is 0 Å². The van der Waals surface area contributed by atoms with Crippen molar-refractivity contribution in [1.29, 1.82) is 0 Å². The molecule has 20 heavy (non-hydrogen) atoms. The van der Waals surface area contributed by atoms with Crippen LogP contribution in [0.25, 0.3) is 0 Å². The molecule has 1 saturated heterocycles. The Hall–Kier alpha value is -1.36. The molecule has 1 unspecified atom stereocenters. The second-order valence-electron chi connectivity index (χ2n) is 6.16. The Labute approximate surface area is 120 Å². The van der Waals surface area contributed by atoms with Gasteiger partial charge in [0.15, 0.2) is 0 Å². The van der Waals surface area contributed by atoms with Crippen molar-refractivity contribution in [1.82, 2.24) is 9.97 Å². The fraction of sp³-hybridized carbons (Fsp3) is 0.733. The Morgan fingerprint density at radius 3 is 2.75 bits per heavy atom. The van der Waals surface area contributed by atoms with Crippen molar-refractivity contribution < 1.29 is 0 Å². The lowest BCUT2D eigenvalue weighted by molar-refractivity contribution is 0.402. The highest BCUT2D eigenvalue weighted by Crippen LogP contribution is 2.40. The van der Waals surface area contributed by atoms with Crippen LogP contribution < -0.4 is 16.2 Å². The van der Waals surface area contributed by atoms with Gasteiger partial charge in [0.25, 0.3) is 0 Å². The van der Waals surface area contributed by atoms with Crippen molar-refractivity contribution in [2.75, 3.05) is 23.4 Å². The van der Waals surface area contributed by atoms with E-state index < -0.39 is 0 Å². The molecular formula is C15H25N5. The molecule has 1 saturated carbocycles. The lowest BCUT2D eigenvalue weighted by Gasteiger charge is -2.34. The monoisotopic (exact) mass is 275 g/mol. The summed E-state index contributed by atoms with van der Waals surface area (Å²) in [5.41, 5.74) is 3.82. The number of hydrogen-bond acceptors (Lipinski definition) is 5. The number of aromatic nitrogens is 2. The maximum atomic E-state index is 5.63. The molecule has 3 rings (SSSR count). The van der Waals surface area contributed by atoms with E-state index in [1.165, 1.54) is 32.1 Å². The molecule has 0 spiro atoms. The normalized spacial score (nSPS) is 22.9. The van der Waals surface area contributed by atoms with Crippen molar-refractivity contribution in [2.24, 2.45) is 11.8 Å². The average Bonchev–Trinajstić information content (AvgIpc) is 3.32. The molecule has 5 heteroatoms. The predicted molar refractivity (Wildman–Crippen MR) is 81.8 cm³/mol. The zero-order valence-electron chi connectivity index (χ0n) is 12.5. The molecule has 1 atom stereocenters. The van der Waals surface area contributed by atoms with Gasteiger partial charge in [-0.25, -0.2) is 15.8 Å². The van der Waals surface area contributed by atoms with Gasteiger partial charge in [0, 0.05) is 24.6 Å². The highest BCUT2D eigenvalue weighted by Gasteiger charge is 2.30. The first-order chi connectivity index (χ1) is 9.72. The van der Waals surface area contributed by atoms with Gasteiger partial charge in [-0.15, -0.1) is 0 Å². The highest BCUT2D eigenvalue weighted by atomic mass is 15.3.